The van der Waals surface area contributed by atoms with E-state index < -0.39 is 0 Å². The predicted octanol–water partition coefficient (Wildman–Crippen LogP) is 3.22. The first-order valence-electron chi connectivity index (χ1n) is 8.93. The molecule has 4 nitrogen and oxygen atoms in total. The number of likely N-dealkylation sites (tertiary alicyclic amines) is 1. The van der Waals surface area contributed by atoms with Crippen molar-refractivity contribution in [3.05, 3.63) is 34.3 Å². The Labute approximate surface area is 149 Å². The topological polar surface area (TPSA) is 32.8 Å². The van der Waals surface area contributed by atoms with Crippen molar-refractivity contribution in [2.24, 2.45) is 5.92 Å². The number of benzene rings is 1. The van der Waals surface area contributed by atoms with Gasteiger partial charge in [-0.15, -0.1) is 0 Å². The molecule has 1 aromatic rings. The van der Waals surface area contributed by atoms with Crippen LogP contribution in [0.25, 0.3) is 0 Å². The predicted molar refractivity (Wildman–Crippen MR) is 96.7 cm³/mol. The lowest BCUT2D eigenvalue weighted by atomic mass is 9.89. The molecule has 2 heterocycles. The number of hydrogen-bond acceptors (Lipinski definition) is 3. The van der Waals surface area contributed by atoms with E-state index >= 15 is 0 Å². The van der Waals surface area contributed by atoms with Crippen LogP contribution in [0.1, 0.15) is 35.7 Å². The molecule has 132 valence electrons. The van der Waals surface area contributed by atoms with E-state index in [4.69, 9.17) is 16.3 Å². The molecule has 2 saturated heterocycles. The molecular formula is C19H27ClN2O2. The van der Waals surface area contributed by atoms with Crippen LogP contribution in [0.15, 0.2) is 18.2 Å². The van der Waals surface area contributed by atoms with Gasteiger partial charge in [0.15, 0.2) is 0 Å². The SMILES string of the molecule is Cc1ccc(Cl)cc1C(=O)N1CCC([C@H](C)N2CCOCC2)CC1. The first-order valence-corrected chi connectivity index (χ1v) is 9.31. The highest BCUT2D eigenvalue weighted by molar-refractivity contribution is 6.31. The van der Waals surface area contributed by atoms with E-state index in [1.807, 2.05) is 24.0 Å². The molecule has 3 rings (SSSR count). The monoisotopic (exact) mass is 350 g/mol. The third kappa shape index (κ3) is 3.93. The number of morpholine rings is 1. The number of carbonyl (C=O) groups excluding carboxylic acids is 1. The highest BCUT2D eigenvalue weighted by atomic mass is 35.5. The molecule has 2 aliphatic rings. The minimum atomic E-state index is 0.118. The number of nitrogens with zero attached hydrogens (tertiary/aromatic N) is 2. The Morgan fingerprint density at radius 1 is 1.21 bits per heavy atom. The van der Waals surface area contributed by atoms with Gasteiger partial charge in [0.1, 0.15) is 0 Å². The van der Waals surface area contributed by atoms with Crippen molar-refractivity contribution in [1.29, 1.82) is 0 Å². The Hall–Kier alpha value is -1.10. The summed E-state index contributed by atoms with van der Waals surface area (Å²) in [4.78, 5) is 17.3. The molecule has 1 aromatic carbocycles. The third-order valence-corrected chi connectivity index (χ3v) is 5.80. The van der Waals surface area contributed by atoms with E-state index in [1.165, 1.54) is 0 Å². The summed E-state index contributed by atoms with van der Waals surface area (Å²) in [6, 6.07) is 6.12. The van der Waals surface area contributed by atoms with Crippen molar-refractivity contribution in [3.8, 4) is 0 Å². The van der Waals surface area contributed by atoms with Gasteiger partial charge in [-0.3, -0.25) is 9.69 Å². The van der Waals surface area contributed by atoms with Gasteiger partial charge in [0.2, 0.25) is 0 Å². The smallest absolute Gasteiger partial charge is 0.254 e. The Morgan fingerprint density at radius 3 is 2.54 bits per heavy atom. The maximum atomic E-state index is 12.8. The van der Waals surface area contributed by atoms with Gasteiger partial charge in [0.05, 0.1) is 13.2 Å². The molecule has 5 heteroatoms. The summed E-state index contributed by atoms with van der Waals surface area (Å²) in [7, 11) is 0. The van der Waals surface area contributed by atoms with Crippen molar-refractivity contribution < 1.29 is 9.53 Å². The van der Waals surface area contributed by atoms with Crippen LogP contribution in [0.4, 0.5) is 0 Å². The second-order valence-electron chi connectivity index (χ2n) is 6.98. The van der Waals surface area contributed by atoms with E-state index in [9.17, 15) is 4.79 Å². The molecule has 0 saturated carbocycles. The summed E-state index contributed by atoms with van der Waals surface area (Å²) >= 11 is 6.06. The number of amides is 1. The molecular weight excluding hydrogens is 324 g/mol. The Bertz CT molecular complexity index is 579. The number of halogens is 1. The number of rotatable bonds is 3. The molecule has 2 aliphatic heterocycles. The average Bonchev–Trinajstić information content (AvgIpc) is 2.63. The molecule has 2 fully saturated rings. The van der Waals surface area contributed by atoms with Crippen LogP contribution in [0, 0.1) is 12.8 Å². The van der Waals surface area contributed by atoms with Crippen molar-refractivity contribution in [2.75, 3.05) is 39.4 Å². The van der Waals surface area contributed by atoms with E-state index in [0.717, 1.165) is 63.4 Å². The quantitative estimate of drug-likeness (QED) is 0.839. The van der Waals surface area contributed by atoms with Crippen LogP contribution >= 0.6 is 11.6 Å². The lowest BCUT2D eigenvalue weighted by Gasteiger charge is -2.41. The molecule has 24 heavy (non-hydrogen) atoms. The van der Waals surface area contributed by atoms with Gasteiger partial charge in [-0.05, 0) is 50.3 Å². The Morgan fingerprint density at radius 2 is 1.88 bits per heavy atom. The lowest BCUT2D eigenvalue weighted by molar-refractivity contribution is -0.000954. The van der Waals surface area contributed by atoms with E-state index in [1.54, 1.807) is 6.07 Å². The second kappa shape index (κ2) is 7.85. The van der Waals surface area contributed by atoms with Crippen molar-refractivity contribution in [3.63, 3.8) is 0 Å². The van der Waals surface area contributed by atoms with Crippen molar-refractivity contribution in [1.82, 2.24) is 9.80 Å². The Kier molecular flexibility index (Phi) is 5.80. The van der Waals surface area contributed by atoms with Crippen LogP contribution < -0.4 is 0 Å². The van der Waals surface area contributed by atoms with Crippen LogP contribution in [-0.2, 0) is 4.74 Å². The first-order chi connectivity index (χ1) is 11.6. The number of piperidine rings is 1. The maximum absolute atomic E-state index is 12.8. The largest absolute Gasteiger partial charge is 0.379 e. The van der Waals surface area contributed by atoms with Crippen molar-refractivity contribution in [2.45, 2.75) is 32.7 Å². The summed E-state index contributed by atoms with van der Waals surface area (Å²) < 4.78 is 5.45. The molecule has 1 amide bonds. The summed E-state index contributed by atoms with van der Waals surface area (Å²) in [5, 5.41) is 0.625. The van der Waals surface area contributed by atoms with Gasteiger partial charge in [0.25, 0.3) is 5.91 Å². The fraction of sp³-hybridized carbons (Fsp3) is 0.632. The molecule has 0 bridgehead atoms. The fourth-order valence-electron chi connectivity index (χ4n) is 3.86. The summed E-state index contributed by atoms with van der Waals surface area (Å²) in [5.74, 6) is 0.778. The van der Waals surface area contributed by atoms with Crippen LogP contribution in [0.3, 0.4) is 0 Å². The molecule has 1 atom stereocenters. The maximum Gasteiger partial charge on any atom is 0.254 e. The van der Waals surface area contributed by atoms with Gasteiger partial charge in [0, 0.05) is 42.8 Å². The van der Waals surface area contributed by atoms with Crippen LogP contribution in [0.5, 0.6) is 0 Å². The van der Waals surface area contributed by atoms with E-state index in [2.05, 4.69) is 11.8 Å². The average molecular weight is 351 g/mol. The van der Waals surface area contributed by atoms with Crippen LogP contribution in [0.2, 0.25) is 5.02 Å². The summed E-state index contributed by atoms with van der Waals surface area (Å²) in [6.07, 6.45) is 2.15. The fourth-order valence-corrected chi connectivity index (χ4v) is 4.03. The highest BCUT2D eigenvalue weighted by Crippen LogP contribution is 2.26. The molecule has 0 aliphatic carbocycles. The minimum Gasteiger partial charge on any atom is -0.379 e. The molecule has 0 unspecified atom stereocenters. The first kappa shape index (κ1) is 17.7. The molecule has 0 N–H and O–H groups in total. The number of hydrogen-bond donors (Lipinski definition) is 0. The zero-order valence-electron chi connectivity index (χ0n) is 14.6. The zero-order chi connectivity index (χ0) is 17.1. The number of ether oxygens (including phenoxy) is 1. The van der Waals surface area contributed by atoms with Gasteiger partial charge in [-0.25, -0.2) is 0 Å². The van der Waals surface area contributed by atoms with E-state index in [0.29, 0.717) is 17.0 Å². The van der Waals surface area contributed by atoms with E-state index in [-0.39, 0.29) is 5.91 Å². The van der Waals surface area contributed by atoms with Gasteiger partial charge >= 0.3 is 0 Å². The van der Waals surface area contributed by atoms with Gasteiger partial charge in [-0.2, -0.15) is 0 Å². The molecule has 0 radical (unpaired) electrons. The van der Waals surface area contributed by atoms with Gasteiger partial charge < -0.3 is 9.64 Å². The second-order valence-corrected chi connectivity index (χ2v) is 7.41. The Balaban J connectivity index is 1.58. The summed E-state index contributed by atoms with van der Waals surface area (Å²) in [5.41, 5.74) is 1.73. The normalized spacial score (nSPS) is 21.7. The zero-order valence-corrected chi connectivity index (χ0v) is 15.4. The lowest BCUT2D eigenvalue weighted by Crippen LogP contribution is -2.49. The summed E-state index contributed by atoms with van der Waals surface area (Å²) in [6.45, 7) is 9.72. The van der Waals surface area contributed by atoms with Gasteiger partial charge in [-0.1, -0.05) is 17.7 Å². The standard InChI is InChI=1S/C19H27ClN2O2/c1-14-3-4-17(20)13-18(14)19(23)22-7-5-16(6-8-22)15(2)21-9-11-24-12-10-21/h3-4,13,15-16H,5-12H2,1-2H3/t15-/m0/s1. The minimum absolute atomic E-state index is 0.118. The van der Waals surface area contributed by atoms with Crippen molar-refractivity contribution >= 4 is 17.5 Å². The van der Waals surface area contributed by atoms with Crippen LogP contribution in [-0.4, -0.2) is 61.1 Å². The third-order valence-electron chi connectivity index (χ3n) is 5.56. The molecule has 0 aromatic heterocycles. The number of carbonyl (C=O) groups is 1. The highest BCUT2D eigenvalue weighted by Gasteiger charge is 2.30. The molecule has 0 spiro atoms. The number of aryl methyl sites for hydroxylation is 1.